The SMILES string of the molecule is COc1cc(NC(=O)N[C@@H]2COc3ccccc3C2)cc(OC)c1. The molecule has 3 rings (SSSR count). The zero-order valence-corrected chi connectivity index (χ0v) is 13.7. The molecule has 1 aliphatic heterocycles. The number of carbonyl (C=O) groups is 1. The first-order valence-electron chi connectivity index (χ1n) is 7.69. The molecule has 2 aromatic carbocycles. The lowest BCUT2D eigenvalue weighted by atomic mass is 10.0. The fourth-order valence-corrected chi connectivity index (χ4v) is 2.65. The lowest BCUT2D eigenvalue weighted by Crippen LogP contribution is -2.44. The predicted octanol–water partition coefficient (Wildman–Crippen LogP) is 2.83. The summed E-state index contributed by atoms with van der Waals surface area (Å²) in [6, 6.07) is 12.7. The molecule has 0 aromatic heterocycles. The van der Waals surface area contributed by atoms with Crippen molar-refractivity contribution in [3.8, 4) is 17.2 Å². The lowest BCUT2D eigenvalue weighted by molar-refractivity contribution is 0.222. The molecule has 1 atom stereocenters. The van der Waals surface area contributed by atoms with Crippen LogP contribution in [-0.2, 0) is 6.42 Å². The van der Waals surface area contributed by atoms with Crippen molar-refractivity contribution >= 4 is 11.7 Å². The summed E-state index contributed by atoms with van der Waals surface area (Å²) in [5.74, 6) is 2.10. The van der Waals surface area contributed by atoms with Crippen molar-refractivity contribution < 1.29 is 19.0 Å². The van der Waals surface area contributed by atoms with Crippen molar-refractivity contribution in [3.63, 3.8) is 0 Å². The van der Waals surface area contributed by atoms with Gasteiger partial charge in [0.25, 0.3) is 0 Å². The van der Waals surface area contributed by atoms with Crippen molar-refractivity contribution in [2.45, 2.75) is 12.5 Å². The quantitative estimate of drug-likeness (QED) is 0.905. The van der Waals surface area contributed by atoms with Crippen molar-refractivity contribution in [3.05, 3.63) is 48.0 Å². The normalized spacial score (nSPS) is 15.7. The average molecular weight is 328 g/mol. The highest BCUT2D eigenvalue weighted by Gasteiger charge is 2.21. The van der Waals surface area contributed by atoms with Gasteiger partial charge in [0.2, 0.25) is 0 Å². The van der Waals surface area contributed by atoms with Gasteiger partial charge in [0.15, 0.2) is 0 Å². The summed E-state index contributed by atoms with van der Waals surface area (Å²) < 4.78 is 16.1. The Kier molecular flexibility index (Phi) is 4.74. The first-order chi connectivity index (χ1) is 11.7. The molecule has 24 heavy (non-hydrogen) atoms. The van der Waals surface area contributed by atoms with Gasteiger partial charge in [-0.05, 0) is 18.1 Å². The molecule has 0 saturated heterocycles. The lowest BCUT2D eigenvalue weighted by Gasteiger charge is -2.26. The van der Waals surface area contributed by atoms with Crippen molar-refractivity contribution in [1.82, 2.24) is 5.32 Å². The fourth-order valence-electron chi connectivity index (χ4n) is 2.65. The number of urea groups is 1. The number of anilines is 1. The topological polar surface area (TPSA) is 68.8 Å². The second kappa shape index (κ2) is 7.12. The average Bonchev–Trinajstić information content (AvgIpc) is 2.61. The number of amides is 2. The molecule has 0 aliphatic carbocycles. The number of hydrogen-bond donors (Lipinski definition) is 2. The van der Waals surface area contributed by atoms with Crippen LogP contribution < -0.4 is 24.8 Å². The molecule has 2 aromatic rings. The number of carbonyl (C=O) groups excluding carboxylic acids is 1. The van der Waals surface area contributed by atoms with Gasteiger partial charge in [-0.15, -0.1) is 0 Å². The number of para-hydroxylation sites is 1. The van der Waals surface area contributed by atoms with E-state index in [9.17, 15) is 4.79 Å². The van der Waals surface area contributed by atoms with Crippen LogP contribution in [0, 0.1) is 0 Å². The predicted molar refractivity (Wildman–Crippen MR) is 91.1 cm³/mol. The molecule has 0 radical (unpaired) electrons. The number of benzene rings is 2. The fraction of sp³-hybridized carbons (Fsp3) is 0.278. The second-order valence-corrected chi connectivity index (χ2v) is 5.52. The zero-order valence-electron chi connectivity index (χ0n) is 13.7. The smallest absolute Gasteiger partial charge is 0.319 e. The molecule has 1 aliphatic rings. The Morgan fingerprint density at radius 2 is 1.83 bits per heavy atom. The Balaban J connectivity index is 1.62. The first-order valence-corrected chi connectivity index (χ1v) is 7.69. The standard InChI is InChI=1S/C18H20N2O4/c1-22-15-8-13(9-16(10-15)23-2)19-18(21)20-14-7-12-5-3-4-6-17(12)24-11-14/h3-6,8-10,14H,7,11H2,1-2H3,(H2,19,20,21)/t14-/m0/s1. The van der Waals surface area contributed by atoms with Gasteiger partial charge in [0.05, 0.1) is 20.3 Å². The van der Waals surface area contributed by atoms with Gasteiger partial charge in [-0.2, -0.15) is 0 Å². The Morgan fingerprint density at radius 3 is 2.54 bits per heavy atom. The van der Waals surface area contributed by atoms with Gasteiger partial charge in [-0.1, -0.05) is 18.2 Å². The van der Waals surface area contributed by atoms with E-state index in [1.54, 1.807) is 32.4 Å². The van der Waals surface area contributed by atoms with Crippen LogP contribution in [0.4, 0.5) is 10.5 Å². The first kappa shape index (κ1) is 16.0. The van der Waals surface area contributed by atoms with E-state index in [2.05, 4.69) is 10.6 Å². The van der Waals surface area contributed by atoms with E-state index in [-0.39, 0.29) is 12.1 Å². The third kappa shape index (κ3) is 3.71. The van der Waals surface area contributed by atoms with E-state index >= 15 is 0 Å². The number of fused-ring (bicyclic) bond motifs is 1. The maximum atomic E-state index is 12.2. The van der Waals surface area contributed by atoms with Gasteiger partial charge < -0.3 is 24.8 Å². The Labute approximate surface area is 140 Å². The van der Waals surface area contributed by atoms with Crippen LogP contribution in [0.3, 0.4) is 0 Å². The van der Waals surface area contributed by atoms with Crippen LogP contribution in [0.15, 0.2) is 42.5 Å². The Hall–Kier alpha value is -2.89. The Bertz CT molecular complexity index is 710. The van der Waals surface area contributed by atoms with Crippen LogP contribution in [0.2, 0.25) is 0 Å². The minimum Gasteiger partial charge on any atom is -0.497 e. The van der Waals surface area contributed by atoms with E-state index < -0.39 is 0 Å². The maximum absolute atomic E-state index is 12.2. The van der Waals surface area contributed by atoms with Crippen molar-refractivity contribution in [1.29, 1.82) is 0 Å². The van der Waals surface area contributed by atoms with Crippen LogP contribution in [0.5, 0.6) is 17.2 Å². The minimum absolute atomic E-state index is 0.0765. The summed E-state index contributed by atoms with van der Waals surface area (Å²) in [4.78, 5) is 12.2. The largest absolute Gasteiger partial charge is 0.497 e. The van der Waals surface area contributed by atoms with Crippen LogP contribution in [-0.4, -0.2) is 32.9 Å². The van der Waals surface area contributed by atoms with E-state index in [0.29, 0.717) is 23.8 Å². The Morgan fingerprint density at radius 1 is 1.12 bits per heavy atom. The summed E-state index contributed by atoms with van der Waals surface area (Å²) in [6.07, 6.45) is 0.741. The molecule has 0 spiro atoms. The van der Waals surface area contributed by atoms with Gasteiger partial charge in [-0.25, -0.2) is 4.79 Å². The van der Waals surface area contributed by atoms with Gasteiger partial charge >= 0.3 is 6.03 Å². The number of methoxy groups -OCH3 is 2. The van der Waals surface area contributed by atoms with Gasteiger partial charge in [-0.3, -0.25) is 0 Å². The third-order valence-corrected chi connectivity index (χ3v) is 3.82. The molecule has 6 nitrogen and oxygen atoms in total. The zero-order chi connectivity index (χ0) is 16.9. The van der Waals surface area contributed by atoms with E-state index in [1.807, 2.05) is 24.3 Å². The van der Waals surface area contributed by atoms with Crippen LogP contribution in [0.25, 0.3) is 0 Å². The highest BCUT2D eigenvalue weighted by Crippen LogP contribution is 2.26. The summed E-state index contributed by atoms with van der Waals surface area (Å²) in [5.41, 5.74) is 1.69. The van der Waals surface area contributed by atoms with Crippen molar-refractivity contribution in [2.24, 2.45) is 0 Å². The van der Waals surface area contributed by atoms with Crippen LogP contribution >= 0.6 is 0 Å². The van der Waals surface area contributed by atoms with Crippen molar-refractivity contribution in [2.75, 3.05) is 26.1 Å². The third-order valence-electron chi connectivity index (χ3n) is 3.82. The second-order valence-electron chi connectivity index (χ2n) is 5.52. The molecule has 6 heteroatoms. The number of ether oxygens (including phenoxy) is 3. The van der Waals surface area contributed by atoms with Crippen LogP contribution in [0.1, 0.15) is 5.56 Å². The minimum atomic E-state index is -0.293. The van der Waals surface area contributed by atoms with E-state index in [1.165, 1.54) is 0 Å². The molecule has 2 amide bonds. The molecule has 0 bridgehead atoms. The molecule has 1 heterocycles. The number of rotatable bonds is 4. The summed E-state index contributed by atoms with van der Waals surface area (Å²) >= 11 is 0. The number of hydrogen-bond acceptors (Lipinski definition) is 4. The molecule has 0 fully saturated rings. The molecular weight excluding hydrogens is 308 g/mol. The molecule has 2 N–H and O–H groups in total. The maximum Gasteiger partial charge on any atom is 0.319 e. The summed E-state index contributed by atoms with van der Waals surface area (Å²) in [6.45, 7) is 0.450. The molecule has 0 saturated carbocycles. The molecular formula is C18H20N2O4. The monoisotopic (exact) mass is 328 g/mol. The van der Waals surface area contributed by atoms with E-state index in [4.69, 9.17) is 14.2 Å². The highest BCUT2D eigenvalue weighted by atomic mass is 16.5. The summed E-state index contributed by atoms with van der Waals surface area (Å²) in [5, 5.41) is 5.72. The van der Waals surface area contributed by atoms with Gasteiger partial charge in [0, 0.05) is 23.9 Å². The van der Waals surface area contributed by atoms with Gasteiger partial charge in [0.1, 0.15) is 23.9 Å². The summed E-state index contributed by atoms with van der Waals surface area (Å²) in [7, 11) is 3.13. The number of nitrogens with one attached hydrogen (secondary N) is 2. The molecule has 0 unspecified atom stereocenters. The van der Waals surface area contributed by atoms with E-state index in [0.717, 1.165) is 17.7 Å². The highest BCUT2D eigenvalue weighted by molar-refractivity contribution is 5.90. The molecule has 126 valence electrons.